The van der Waals surface area contributed by atoms with E-state index in [4.69, 9.17) is 0 Å². The molecule has 0 spiro atoms. The number of aromatic hydroxyl groups is 2. The van der Waals surface area contributed by atoms with Crippen molar-refractivity contribution in [3.63, 3.8) is 0 Å². The quantitative estimate of drug-likeness (QED) is 0.572. The average Bonchev–Trinajstić information content (AvgIpc) is 3.17. The lowest BCUT2D eigenvalue weighted by molar-refractivity contribution is 0.159. The summed E-state index contributed by atoms with van der Waals surface area (Å²) in [5.74, 6) is 0.392. The van der Waals surface area contributed by atoms with Crippen LogP contribution in [0, 0.1) is 0 Å². The molecule has 0 fully saturated rings. The maximum Gasteiger partial charge on any atom is 0.225 e. The van der Waals surface area contributed by atoms with Crippen LogP contribution in [0.2, 0.25) is 0 Å². The SMILES string of the molecule is CC(C)c1cc(C2=NNC(O)N2c2ccc3c(ccn3C)c2)c(O)cc1O. The molecule has 1 atom stereocenters. The van der Waals surface area contributed by atoms with E-state index in [0.717, 1.165) is 16.6 Å². The summed E-state index contributed by atoms with van der Waals surface area (Å²) < 4.78 is 2.02. The average molecular weight is 366 g/mol. The van der Waals surface area contributed by atoms with E-state index in [0.29, 0.717) is 17.0 Å². The number of aliphatic hydroxyl groups is 1. The molecule has 2 heterocycles. The highest BCUT2D eigenvalue weighted by molar-refractivity contribution is 6.13. The van der Waals surface area contributed by atoms with Gasteiger partial charge in [0, 0.05) is 35.9 Å². The molecule has 4 N–H and O–H groups in total. The third kappa shape index (κ3) is 2.76. The first kappa shape index (κ1) is 17.2. The Balaban J connectivity index is 1.81. The topological polar surface area (TPSA) is 93.3 Å². The highest BCUT2D eigenvalue weighted by Gasteiger charge is 2.31. The van der Waals surface area contributed by atoms with Crippen molar-refractivity contribution in [3.05, 3.63) is 53.7 Å². The molecule has 27 heavy (non-hydrogen) atoms. The van der Waals surface area contributed by atoms with Crippen molar-refractivity contribution in [2.75, 3.05) is 4.90 Å². The number of fused-ring (bicyclic) bond motifs is 1. The molecule has 4 rings (SSSR count). The van der Waals surface area contributed by atoms with Crippen LogP contribution in [0.5, 0.6) is 11.5 Å². The number of nitrogens with zero attached hydrogens (tertiary/aromatic N) is 3. The van der Waals surface area contributed by atoms with Crippen molar-refractivity contribution >= 4 is 22.4 Å². The van der Waals surface area contributed by atoms with Crippen molar-refractivity contribution in [2.24, 2.45) is 12.1 Å². The Morgan fingerprint density at radius 2 is 1.85 bits per heavy atom. The Kier molecular flexibility index (Phi) is 3.96. The predicted octanol–water partition coefficient (Wildman–Crippen LogP) is 2.76. The molecule has 0 amide bonds. The molecule has 0 radical (unpaired) electrons. The molecule has 1 unspecified atom stereocenters. The van der Waals surface area contributed by atoms with E-state index < -0.39 is 6.35 Å². The van der Waals surface area contributed by atoms with Crippen LogP contribution in [-0.2, 0) is 7.05 Å². The van der Waals surface area contributed by atoms with E-state index in [1.165, 1.54) is 6.07 Å². The van der Waals surface area contributed by atoms with E-state index in [1.807, 2.05) is 55.9 Å². The third-order valence-electron chi connectivity index (χ3n) is 4.91. The number of hydrazone groups is 1. The minimum absolute atomic E-state index is 0.0376. The van der Waals surface area contributed by atoms with E-state index in [9.17, 15) is 15.3 Å². The smallest absolute Gasteiger partial charge is 0.225 e. The first-order valence-corrected chi connectivity index (χ1v) is 8.78. The number of amidine groups is 1. The summed E-state index contributed by atoms with van der Waals surface area (Å²) >= 11 is 0. The van der Waals surface area contributed by atoms with Gasteiger partial charge in [0.1, 0.15) is 11.5 Å². The third-order valence-corrected chi connectivity index (χ3v) is 4.91. The summed E-state index contributed by atoms with van der Waals surface area (Å²) in [6.07, 6.45) is 0.917. The lowest BCUT2D eigenvalue weighted by Crippen LogP contribution is -2.40. The van der Waals surface area contributed by atoms with Gasteiger partial charge in [0.05, 0.1) is 5.56 Å². The van der Waals surface area contributed by atoms with Crippen LogP contribution in [0.4, 0.5) is 5.69 Å². The van der Waals surface area contributed by atoms with E-state index >= 15 is 0 Å². The number of hydrogen-bond donors (Lipinski definition) is 4. The molecule has 1 aliphatic rings. The summed E-state index contributed by atoms with van der Waals surface area (Å²) in [7, 11) is 1.98. The van der Waals surface area contributed by atoms with Gasteiger partial charge < -0.3 is 19.9 Å². The van der Waals surface area contributed by atoms with Crippen molar-refractivity contribution in [2.45, 2.75) is 26.1 Å². The van der Waals surface area contributed by atoms with Crippen molar-refractivity contribution < 1.29 is 15.3 Å². The minimum atomic E-state index is -1.06. The Morgan fingerprint density at radius 3 is 2.59 bits per heavy atom. The standard InChI is InChI=1S/C20H22N4O3/c1-11(2)14-9-15(18(26)10-17(14)25)19-21-22-20(27)24(19)13-4-5-16-12(8-13)6-7-23(16)3/h4-11,20,22,25-27H,1-3H3. The van der Waals surface area contributed by atoms with Gasteiger partial charge in [0.25, 0.3) is 0 Å². The molecule has 140 valence electrons. The predicted molar refractivity (Wildman–Crippen MR) is 105 cm³/mol. The van der Waals surface area contributed by atoms with Gasteiger partial charge in [-0.1, -0.05) is 13.8 Å². The van der Waals surface area contributed by atoms with Gasteiger partial charge in [-0.15, -0.1) is 0 Å². The largest absolute Gasteiger partial charge is 0.508 e. The number of rotatable bonds is 3. The van der Waals surface area contributed by atoms with E-state index in [1.54, 1.807) is 11.0 Å². The summed E-state index contributed by atoms with van der Waals surface area (Å²) in [5.41, 5.74) is 5.61. The molecule has 7 nitrogen and oxygen atoms in total. The number of benzene rings is 2. The first-order chi connectivity index (χ1) is 12.9. The van der Waals surface area contributed by atoms with Gasteiger partial charge in [0.2, 0.25) is 6.35 Å². The second kappa shape index (κ2) is 6.21. The van der Waals surface area contributed by atoms with Gasteiger partial charge in [-0.3, -0.25) is 10.3 Å². The number of aliphatic hydroxyl groups excluding tert-OH is 1. The molecule has 2 aromatic carbocycles. The van der Waals surface area contributed by atoms with Crippen LogP contribution < -0.4 is 10.3 Å². The first-order valence-electron chi connectivity index (χ1n) is 8.78. The van der Waals surface area contributed by atoms with E-state index in [2.05, 4.69) is 10.5 Å². The van der Waals surface area contributed by atoms with Crippen LogP contribution in [-0.4, -0.2) is 32.1 Å². The van der Waals surface area contributed by atoms with Crippen molar-refractivity contribution in [1.29, 1.82) is 0 Å². The fourth-order valence-electron chi connectivity index (χ4n) is 3.45. The van der Waals surface area contributed by atoms with Gasteiger partial charge >= 0.3 is 0 Å². The van der Waals surface area contributed by atoms with Crippen molar-refractivity contribution in [1.82, 2.24) is 9.99 Å². The van der Waals surface area contributed by atoms with Crippen LogP contribution in [0.3, 0.4) is 0 Å². The van der Waals surface area contributed by atoms with Crippen LogP contribution in [0.1, 0.15) is 30.9 Å². The van der Waals surface area contributed by atoms with Crippen LogP contribution in [0.25, 0.3) is 10.9 Å². The molecule has 7 heteroatoms. The number of phenolic OH excluding ortho intramolecular Hbond substituents is 2. The molecule has 0 saturated heterocycles. The summed E-state index contributed by atoms with van der Waals surface area (Å²) in [6.45, 7) is 3.92. The second-order valence-corrected chi connectivity index (χ2v) is 7.06. The zero-order valence-corrected chi connectivity index (χ0v) is 15.4. The highest BCUT2D eigenvalue weighted by Crippen LogP contribution is 2.35. The Bertz CT molecular complexity index is 1050. The molecule has 0 aliphatic carbocycles. The number of aryl methyl sites for hydroxylation is 1. The summed E-state index contributed by atoms with van der Waals surface area (Å²) in [4.78, 5) is 1.61. The molecule has 0 bridgehead atoms. The number of phenols is 2. The number of anilines is 1. The number of hydrogen-bond acceptors (Lipinski definition) is 6. The second-order valence-electron chi connectivity index (χ2n) is 7.06. The lowest BCUT2D eigenvalue weighted by atomic mass is 9.98. The Hall–Kier alpha value is -3.19. The maximum atomic E-state index is 10.4. The molecule has 1 aliphatic heterocycles. The summed E-state index contributed by atoms with van der Waals surface area (Å²) in [5, 5.41) is 36.2. The summed E-state index contributed by atoms with van der Waals surface area (Å²) in [6, 6.07) is 10.9. The van der Waals surface area contributed by atoms with Crippen LogP contribution in [0.15, 0.2) is 47.7 Å². The molecular formula is C20H22N4O3. The Labute approximate surface area is 156 Å². The van der Waals surface area contributed by atoms with Gasteiger partial charge in [-0.05, 0) is 41.8 Å². The lowest BCUT2D eigenvalue weighted by Gasteiger charge is -2.24. The van der Waals surface area contributed by atoms with Gasteiger partial charge in [-0.2, -0.15) is 5.10 Å². The zero-order chi connectivity index (χ0) is 19.3. The van der Waals surface area contributed by atoms with Gasteiger partial charge in [0.15, 0.2) is 5.84 Å². The van der Waals surface area contributed by atoms with Crippen molar-refractivity contribution in [3.8, 4) is 11.5 Å². The van der Waals surface area contributed by atoms with Gasteiger partial charge in [-0.25, -0.2) is 0 Å². The zero-order valence-electron chi connectivity index (χ0n) is 15.4. The monoisotopic (exact) mass is 366 g/mol. The molecule has 3 aromatic rings. The maximum absolute atomic E-state index is 10.4. The minimum Gasteiger partial charge on any atom is -0.508 e. The van der Waals surface area contributed by atoms with E-state index in [-0.39, 0.29) is 17.4 Å². The molecular weight excluding hydrogens is 344 g/mol. The Morgan fingerprint density at radius 1 is 1.07 bits per heavy atom. The molecule has 0 saturated carbocycles. The normalized spacial score (nSPS) is 16.9. The fourth-order valence-corrected chi connectivity index (χ4v) is 3.45. The number of aromatic nitrogens is 1. The fraction of sp³-hybridized carbons (Fsp3) is 0.250. The highest BCUT2D eigenvalue weighted by atomic mass is 16.3. The number of nitrogens with one attached hydrogen (secondary N) is 1. The molecule has 1 aromatic heterocycles. The van der Waals surface area contributed by atoms with Crippen LogP contribution >= 0.6 is 0 Å².